The molecule has 2 bridgehead atoms. The van der Waals surface area contributed by atoms with Crippen LogP contribution in [0.15, 0.2) is 42.5 Å². The molecule has 1 N–H and O–H groups in total. The Morgan fingerprint density at radius 3 is 2.53 bits per heavy atom. The predicted octanol–water partition coefficient (Wildman–Crippen LogP) is 4.42. The van der Waals surface area contributed by atoms with E-state index in [1.807, 2.05) is 19.0 Å². The topological polar surface area (TPSA) is 89.1 Å². The third kappa shape index (κ3) is 5.45. The summed E-state index contributed by atoms with van der Waals surface area (Å²) in [5.74, 6) is -1.74. The lowest BCUT2D eigenvalue weighted by Gasteiger charge is -2.71. The van der Waals surface area contributed by atoms with Crippen LogP contribution in [0.5, 0.6) is 0 Å². The van der Waals surface area contributed by atoms with Gasteiger partial charge in [0.05, 0.1) is 22.0 Å². The first-order valence-corrected chi connectivity index (χ1v) is 15.2. The van der Waals surface area contributed by atoms with Gasteiger partial charge in [-0.3, -0.25) is 19.3 Å². The molecular formula is C32H36ClF3N6O3. The summed E-state index contributed by atoms with van der Waals surface area (Å²) in [6.07, 6.45) is -2.34. The van der Waals surface area contributed by atoms with Gasteiger partial charge in [-0.25, -0.2) is 4.98 Å². The average molecular weight is 645 g/mol. The van der Waals surface area contributed by atoms with Crippen molar-refractivity contribution in [2.24, 2.45) is 11.3 Å². The van der Waals surface area contributed by atoms with Crippen LogP contribution >= 0.6 is 11.6 Å². The number of hydrogen-bond acceptors (Lipinski definition) is 6. The van der Waals surface area contributed by atoms with Crippen molar-refractivity contribution in [3.8, 4) is 0 Å². The molecule has 0 unspecified atom stereocenters. The number of halogens is 4. The number of pyridine rings is 1. The van der Waals surface area contributed by atoms with Crippen molar-refractivity contribution < 1.29 is 27.6 Å². The number of amides is 3. The zero-order chi connectivity index (χ0) is 32.6. The summed E-state index contributed by atoms with van der Waals surface area (Å²) in [4.78, 5) is 51.2. The Labute approximate surface area is 265 Å². The third-order valence-corrected chi connectivity index (χ3v) is 9.80. The maximum Gasteiger partial charge on any atom is 0.416 e. The van der Waals surface area contributed by atoms with Gasteiger partial charge in [0.2, 0.25) is 17.7 Å². The molecule has 2 atom stereocenters. The van der Waals surface area contributed by atoms with Crippen molar-refractivity contribution in [1.82, 2.24) is 15.2 Å². The Kier molecular flexibility index (Phi) is 7.47. The fraction of sp³-hybridized carbons (Fsp3) is 0.500. The summed E-state index contributed by atoms with van der Waals surface area (Å²) in [5, 5.41) is 3.63. The minimum absolute atomic E-state index is 0.0293. The Balaban J connectivity index is 1.29. The molecular weight excluding hydrogens is 609 g/mol. The Bertz CT molecular complexity index is 1590. The molecule has 0 radical (unpaired) electrons. The molecule has 4 fully saturated rings. The van der Waals surface area contributed by atoms with E-state index < -0.39 is 35.5 Å². The molecule has 9 nitrogen and oxygen atoms in total. The quantitative estimate of drug-likeness (QED) is 0.449. The summed E-state index contributed by atoms with van der Waals surface area (Å²) in [7, 11) is 5.35. The van der Waals surface area contributed by atoms with Gasteiger partial charge in [0.15, 0.2) is 0 Å². The molecule has 3 heterocycles. The summed E-state index contributed by atoms with van der Waals surface area (Å²) < 4.78 is 41.1. The number of rotatable bonds is 7. The normalized spacial score (nSPS) is 27.4. The van der Waals surface area contributed by atoms with Crippen LogP contribution < -0.4 is 20.0 Å². The minimum atomic E-state index is -4.64. The molecule has 7 rings (SSSR count). The summed E-state index contributed by atoms with van der Waals surface area (Å²) in [5.41, 5.74) is 0.524. The second-order valence-electron chi connectivity index (χ2n) is 13.5. The van der Waals surface area contributed by atoms with Gasteiger partial charge in [0, 0.05) is 55.8 Å². The van der Waals surface area contributed by atoms with E-state index in [1.54, 1.807) is 25.2 Å². The van der Waals surface area contributed by atoms with E-state index in [0.717, 1.165) is 36.3 Å². The molecule has 0 spiro atoms. The molecule has 3 saturated carbocycles. The fourth-order valence-electron chi connectivity index (χ4n) is 7.89. The van der Waals surface area contributed by atoms with Crippen molar-refractivity contribution >= 4 is 46.5 Å². The molecule has 1 saturated heterocycles. The minimum Gasteiger partial charge on any atom is -0.368 e. The number of likely N-dealkylation sites (N-methyl/N-ethyl adjacent to an activating group) is 2. The first-order valence-electron chi connectivity index (χ1n) is 14.9. The van der Waals surface area contributed by atoms with Crippen LogP contribution in [0, 0.1) is 18.3 Å². The van der Waals surface area contributed by atoms with Crippen LogP contribution in [0.1, 0.15) is 36.9 Å². The van der Waals surface area contributed by atoms with E-state index >= 15 is 0 Å². The molecule has 2 aliphatic heterocycles. The molecule has 3 amide bonds. The maximum absolute atomic E-state index is 14.1. The predicted molar refractivity (Wildman–Crippen MR) is 165 cm³/mol. The summed E-state index contributed by atoms with van der Waals surface area (Å²) >= 11 is 6.78. The number of fused-ring (bicyclic) bond motifs is 2. The van der Waals surface area contributed by atoms with E-state index in [4.69, 9.17) is 11.6 Å². The van der Waals surface area contributed by atoms with Crippen LogP contribution in [-0.4, -0.2) is 80.0 Å². The smallest absolute Gasteiger partial charge is 0.368 e. The SMILES string of the molecule is C=C(CN(C)C)C(=O)NC12CC(CN3C[C@H]4CC(=O)N(c5cc(C(F)(F)F)cc(C)n5)[C@@H]4C(=O)N(C)c4cccc(Cl)c43)(C1)C2. The highest BCUT2D eigenvalue weighted by Gasteiger charge is 2.69. The third-order valence-electron chi connectivity index (χ3n) is 9.50. The lowest BCUT2D eigenvalue weighted by atomic mass is 9.39. The first kappa shape index (κ1) is 31.3. The van der Waals surface area contributed by atoms with Gasteiger partial charge >= 0.3 is 6.18 Å². The highest BCUT2D eigenvalue weighted by Crippen LogP contribution is 2.68. The van der Waals surface area contributed by atoms with Gasteiger partial charge in [-0.2, -0.15) is 13.2 Å². The van der Waals surface area contributed by atoms with E-state index in [9.17, 15) is 27.6 Å². The van der Waals surface area contributed by atoms with E-state index in [1.165, 1.54) is 11.8 Å². The monoisotopic (exact) mass is 644 g/mol. The average Bonchev–Trinajstić information content (AvgIpc) is 3.22. The lowest BCUT2D eigenvalue weighted by Crippen LogP contribution is -2.77. The zero-order valence-corrected chi connectivity index (χ0v) is 26.4. The van der Waals surface area contributed by atoms with Crippen LogP contribution in [-0.2, 0) is 20.6 Å². The lowest BCUT2D eigenvalue weighted by molar-refractivity contribution is -0.158. The van der Waals surface area contributed by atoms with Crippen molar-refractivity contribution in [1.29, 1.82) is 0 Å². The number of hydrogen-bond donors (Lipinski definition) is 1. The highest BCUT2D eigenvalue weighted by atomic mass is 35.5. The summed E-state index contributed by atoms with van der Waals surface area (Å²) in [6.45, 7) is 6.69. The van der Waals surface area contributed by atoms with Crippen LogP contribution in [0.4, 0.5) is 30.4 Å². The van der Waals surface area contributed by atoms with Gasteiger partial charge in [-0.05, 0) is 70.0 Å². The number of benzene rings is 1. The van der Waals surface area contributed by atoms with Crippen molar-refractivity contribution in [3.63, 3.8) is 0 Å². The van der Waals surface area contributed by atoms with E-state index in [0.29, 0.717) is 41.6 Å². The number of carbonyl (C=O) groups excluding carboxylic acids is 3. The van der Waals surface area contributed by atoms with Crippen molar-refractivity contribution in [3.05, 3.63) is 58.8 Å². The molecule has 5 aliphatic rings. The van der Waals surface area contributed by atoms with Crippen molar-refractivity contribution in [2.45, 2.75) is 50.4 Å². The van der Waals surface area contributed by atoms with Gasteiger partial charge in [0.25, 0.3) is 0 Å². The highest BCUT2D eigenvalue weighted by molar-refractivity contribution is 6.34. The van der Waals surface area contributed by atoms with Crippen molar-refractivity contribution in [2.75, 3.05) is 55.5 Å². The summed E-state index contributed by atoms with van der Waals surface area (Å²) in [6, 6.07) is 5.99. The van der Waals surface area contributed by atoms with E-state index in [-0.39, 0.29) is 34.8 Å². The standard InChI is InChI=1S/C32H36ClF3N6O3/c1-18(12-39(3)4)28(44)38-31-14-30(15-31,16-31)17-41-13-20-10-25(43)42(24-11-21(32(34,35)36)9-19(2)37-24)26(20)29(45)40(5)23-8-6-7-22(33)27(23)41/h6-9,11,20,26H,1,10,12-17H2,2-5H3,(H,38,44)/t20-,26+,30?,31?/m1/s1. The van der Waals surface area contributed by atoms with Gasteiger partial charge in [-0.15, -0.1) is 0 Å². The number of nitrogens with one attached hydrogen (secondary N) is 1. The first-order chi connectivity index (χ1) is 21.0. The Morgan fingerprint density at radius 1 is 1.20 bits per heavy atom. The molecule has 13 heteroatoms. The number of para-hydroxylation sites is 1. The number of carbonyl (C=O) groups is 3. The molecule has 45 heavy (non-hydrogen) atoms. The van der Waals surface area contributed by atoms with Crippen LogP contribution in [0.3, 0.4) is 0 Å². The second-order valence-corrected chi connectivity index (χ2v) is 13.9. The zero-order valence-electron chi connectivity index (χ0n) is 25.7. The molecule has 3 aliphatic carbocycles. The Morgan fingerprint density at radius 2 is 1.89 bits per heavy atom. The molecule has 1 aromatic heterocycles. The fourth-order valence-corrected chi connectivity index (χ4v) is 8.18. The number of nitrogens with zero attached hydrogens (tertiary/aromatic N) is 5. The number of alkyl halides is 3. The molecule has 240 valence electrons. The molecule has 1 aromatic carbocycles. The van der Waals surface area contributed by atoms with Gasteiger partial charge in [0.1, 0.15) is 11.9 Å². The van der Waals surface area contributed by atoms with Gasteiger partial charge < -0.3 is 20.0 Å². The van der Waals surface area contributed by atoms with Gasteiger partial charge in [-0.1, -0.05) is 24.2 Å². The van der Waals surface area contributed by atoms with Crippen LogP contribution in [0.2, 0.25) is 5.02 Å². The number of aromatic nitrogens is 1. The largest absolute Gasteiger partial charge is 0.416 e. The molecule has 2 aromatic rings. The number of anilines is 3. The number of aryl methyl sites for hydroxylation is 1. The van der Waals surface area contributed by atoms with E-state index in [2.05, 4.69) is 21.8 Å². The second kappa shape index (κ2) is 10.7. The maximum atomic E-state index is 14.1. The van der Waals surface area contributed by atoms with Crippen LogP contribution in [0.25, 0.3) is 0 Å². The Hall–Kier alpha value is -3.64.